The van der Waals surface area contributed by atoms with Gasteiger partial charge in [-0.1, -0.05) is 17.7 Å². The Bertz CT molecular complexity index is 1590. The molecule has 3 aromatic heterocycles. The van der Waals surface area contributed by atoms with Gasteiger partial charge >= 0.3 is 0 Å². The number of pyridine rings is 1. The summed E-state index contributed by atoms with van der Waals surface area (Å²) >= 11 is 6.42. The van der Waals surface area contributed by atoms with Crippen LogP contribution in [-0.4, -0.2) is 45.6 Å². The number of nitrogens with zero attached hydrogens (tertiary/aromatic N) is 5. The first kappa shape index (κ1) is 24.7. The number of aromatic nitrogens is 5. The number of rotatable bonds is 5. The molecule has 1 fully saturated rings. The van der Waals surface area contributed by atoms with Gasteiger partial charge in [0, 0.05) is 37.2 Å². The van der Waals surface area contributed by atoms with Crippen LogP contribution in [0.4, 0.5) is 11.4 Å². The van der Waals surface area contributed by atoms with Crippen LogP contribution < -0.4 is 5.32 Å². The minimum absolute atomic E-state index is 0.153. The predicted molar refractivity (Wildman–Crippen MR) is 141 cm³/mol. The summed E-state index contributed by atoms with van der Waals surface area (Å²) in [5, 5.41) is 8.03. The van der Waals surface area contributed by atoms with E-state index in [4.69, 9.17) is 21.3 Å². The van der Waals surface area contributed by atoms with Crippen LogP contribution in [0.1, 0.15) is 42.7 Å². The van der Waals surface area contributed by atoms with Crippen LogP contribution in [0, 0.1) is 20.8 Å². The van der Waals surface area contributed by atoms with Gasteiger partial charge in [-0.05, 0) is 57.7 Å². The first-order chi connectivity index (χ1) is 17.0. The Labute approximate surface area is 215 Å². The summed E-state index contributed by atoms with van der Waals surface area (Å²) in [5.74, 6) is 0.760. The summed E-state index contributed by atoms with van der Waals surface area (Å²) < 4.78 is 35.5. The lowest BCUT2D eigenvalue weighted by atomic mass is 10.0. The molecular weight excluding hydrogens is 500 g/mol. The van der Waals surface area contributed by atoms with E-state index < -0.39 is 9.84 Å². The monoisotopic (exact) mass is 528 g/mol. The third-order valence-electron chi connectivity index (χ3n) is 6.69. The van der Waals surface area contributed by atoms with Crippen molar-refractivity contribution in [3.8, 4) is 11.1 Å². The van der Waals surface area contributed by atoms with Crippen molar-refractivity contribution in [3.05, 3.63) is 46.6 Å². The molecule has 1 saturated heterocycles. The second-order valence-corrected chi connectivity index (χ2v) is 11.7. The maximum Gasteiger partial charge on any atom is 0.177 e. The quantitative estimate of drug-likeness (QED) is 0.352. The smallest absolute Gasteiger partial charge is 0.177 e. The van der Waals surface area contributed by atoms with E-state index in [1.807, 2.05) is 38.5 Å². The van der Waals surface area contributed by atoms with E-state index in [1.165, 1.54) is 6.26 Å². The number of halogens is 1. The molecule has 9 nitrogen and oxygen atoms in total. The van der Waals surface area contributed by atoms with E-state index in [0.29, 0.717) is 29.1 Å². The molecule has 1 aromatic carbocycles. The topological polar surface area (TPSA) is 104 Å². The zero-order valence-electron chi connectivity index (χ0n) is 21.0. The summed E-state index contributed by atoms with van der Waals surface area (Å²) in [7, 11) is -1.70. The number of benzene rings is 1. The van der Waals surface area contributed by atoms with Crippen LogP contribution in [0.15, 0.2) is 29.2 Å². The molecule has 0 bridgehead atoms. The van der Waals surface area contributed by atoms with Gasteiger partial charge in [-0.2, -0.15) is 5.10 Å². The minimum Gasteiger partial charge on any atom is -0.358 e. The number of aryl methyl sites for hydroxylation is 3. The van der Waals surface area contributed by atoms with Crippen molar-refractivity contribution in [1.29, 1.82) is 0 Å². The van der Waals surface area contributed by atoms with E-state index in [1.54, 1.807) is 22.9 Å². The summed E-state index contributed by atoms with van der Waals surface area (Å²) in [6.45, 7) is 6.48. The fourth-order valence-corrected chi connectivity index (χ4v) is 5.98. The molecule has 0 radical (unpaired) electrons. The molecule has 4 aromatic rings. The molecule has 1 aliphatic rings. The molecule has 11 heteroatoms. The molecular formula is C25H29ClN6O3S. The highest BCUT2D eigenvalue weighted by molar-refractivity contribution is 7.90. The third kappa shape index (κ3) is 4.38. The van der Waals surface area contributed by atoms with Crippen molar-refractivity contribution in [2.45, 2.75) is 51.2 Å². The largest absolute Gasteiger partial charge is 0.358 e. The van der Waals surface area contributed by atoms with Crippen LogP contribution in [-0.2, 0) is 21.6 Å². The molecule has 1 N–H and O–H groups in total. The Morgan fingerprint density at radius 1 is 1.11 bits per heavy atom. The zero-order valence-corrected chi connectivity index (χ0v) is 22.5. The number of anilines is 2. The fraction of sp³-hybridized carbons (Fsp3) is 0.400. The van der Waals surface area contributed by atoms with E-state index in [0.717, 1.165) is 47.6 Å². The van der Waals surface area contributed by atoms with E-state index in [2.05, 4.69) is 15.4 Å². The van der Waals surface area contributed by atoms with Crippen molar-refractivity contribution >= 4 is 44.0 Å². The van der Waals surface area contributed by atoms with Crippen LogP contribution in [0.25, 0.3) is 22.3 Å². The van der Waals surface area contributed by atoms with Crippen LogP contribution in [0.5, 0.6) is 0 Å². The van der Waals surface area contributed by atoms with Gasteiger partial charge in [0.1, 0.15) is 22.7 Å². The molecule has 1 aliphatic heterocycles. The average Bonchev–Trinajstić information content (AvgIpc) is 3.28. The van der Waals surface area contributed by atoms with E-state index in [-0.39, 0.29) is 16.3 Å². The molecule has 5 rings (SSSR count). The fourth-order valence-electron chi connectivity index (χ4n) is 4.93. The summed E-state index contributed by atoms with van der Waals surface area (Å²) in [6.07, 6.45) is 4.02. The highest BCUT2D eigenvalue weighted by atomic mass is 35.5. The van der Waals surface area contributed by atoms with Crippen molar-refractivity contribution in [2.24, 2.45) is 7.05 Å². The Morgan fingerprint density at radius 2 is 1.89 bits per heavy atom. The number of nitrogens with one attached hydrogen (secondary N) is 1. The molecule has 4 heterocycles. The number of imidazole rings is 1. The summed E-state index contributed by atoms with van der Waals surface area (Å²) in [4.78, 5) is 9.46. The number of sulfone groups is 1. The van der Waals surface area contributed by atoms with Crippen molar-refractivity contribution in [2.75, 3.05) is 18.2 Å². The van der Waals surface area contributed by atoms with Crippen LogP contribution in [0.3, 0.4) is 0 Å². The number of hydrogen-bond acceptors (Lipinski definition) is 7. The minimum atomic E-state index is -3.57. The molecule has 36 heavy (non-hydrogen) atoms. The Hall–Kier alpha value is -2.95. The Morgan fingerprint density at radius 3 is 2.53 bits per heavy atom. The highest BCUT2D eigenvalue weighted by Gasteiger charge is 2.24. The first-order valence-corrected chi connectivity index (χ1v) is 14.1. The van der Waals surface area contributed by atoms with Gasteiger partial charge in [0.05, 0.1) is 22.0 Å². The first-order valence-electron chi connectivity index (χ1n) is 11.8. The second-order valence-electron chi connectivity index (χ2n) is 9.29. The molecule has 1 atom stereocenters. The molecule has 190 valence electrons. The van der Waals surface area contributed by atoms with Gasteiger partial charge < -0.3 is 10.1 Å². The number of hydrogen-bond donors (Lipinski definition) is 1. The number of fused-ring (bicyclic) bond motifs is 1. The van der Waals surface area contributed by atoms with Gasteiger partial charge in [0.15, 0.2) is 15.5 Å². The normalized spacial score (nSPS) is 16.6. The molecule has 0 aliphatic carbocycles. The zero-order chi connectivity index (χ0) is 25.8. The molecule has 0 amide bonds. The van der Waals surface area contributed by atoms with Crippen molar-refractivity contribution in [1.82, 2.24) is 24.3 Å². The maximum absolute atomic E-state index is 12.9. The molecule has 0 saturated carbocycles. The summed E-state index contributed by atoms with van der Waals surface area (Å²) in [6, 6.07) is 7.02. The highest BCUT2D eigenvalue weighted by Crippen LogP contribution is 2.36. The lowest BCUT2D eigenvalue weighted by Gasteiger charge is -2.25. The van der Waals surface area contributed by atoms with Crippen molar-refractivity contribution < 1.29 is 13.2 Å². The number of ether oxygens (including phenoxy) is 1. The van der Waals surface area contributed by atoms with Crippen LogP contribution in [0.2, 0.25) is 5.15 Å². The van der Waals surface area contributed by atoms with Gasteiger partial charge in [-0.25, -0.2) is 18.4 Å². The molecule has 1 unspecified atom stereocenters. The van der Waals surface area contributed by atoms with Gasteiger partial charge in [0.25, 0.3) is 0 Å². The van der Waals surface area contributed by atoms with E-state index >= 15 is 0 Å². The second kappa shape index (κ2) is 9.17. The van der Waals surface area contributed by atoms with Crippen LogP contribution >= 0.6 is 11.6 Å². The lowest BCUT2D eigenvalue weighted by Crippen LogP contribution is -2.19. The standard InChI is InChI=1S/C25H29ClN6O3S/c1-14-23(15(2)31(4)30-14)17-9-10-18(20(12-17)36(5,33)34)28-19-13-21(26)29-25-24(19)27-16(3)32(25)22-8-6-7-11-35-22/h9-10,12-13,22H,6-8,11H2,1-5H3,(H,28,29). The SMILES string of the molecule is Cc1nn(C)c(C)c1-c1ccc(Nc2cc(Cl)nc3c2nc(C)n3C2CCCCO2)c(S(C)(=O)=O)c1. The Balaban J connectivity index is 1.62. The average molecular weight is 529 g/mol. The lowest BCUT2D eigenvalue weighted by molar-refractivity contribution is -0.0309. The predicted octanol–water partition coefficient (Wildman–Crippen LogP) is 5.26. The maximum atomic E-state index is 12.9. The third-order valence-corrected chi connectivity index (χ3v) is 8.02. The van der Waals surface area contributed by atoms with E-state index in [9.17, 15) is 8.42 Å². The molecule has 0 spiro atoms. The summed E-state index contributed by atoms with van der Waals surface area (Å²) in [5.41, 5.74) is 5.73. The van der Waals surface area contributed by atoms with Gasteiger partial charge in [0.2, 0.25) is 0 Å². The van der Waals surface area contributed by atoms with Gasteiger partial charge in [-0.3, -0.25) is 9.25 Å². The van der Waals surface area contributed by atoms with Gasteiger partial charge in [-0.15, -0.1) is 0 Å². The Kier molecular flexibility index (Phi) is 6.30. The van der Waals surface area contributed by atoms with Crippen molar-refractivity contribution in [3.63, 3.8) is 0 Å².